The highest BCUT2D eigenvalue weighted by Crippen LogP contribution is 2.33. The van der Waals surface area contributed by atoms with Crippen LogP contribution in [0.2, 0.25) is 0 Å². The topological polar surface area (TPSA) is 38.9 Å². The molecular weight excluding hydrogens is 296 g/mol. The van der Waals surface area contributed by atoms with Crippen molar-refractivity contribution >= 4 is 27.7 Å². The molecule has 0 bridgehead atoms. The van der Waals surface area contributed by atoms with E-state index in [0.717, 1.165) is 20.0 Å². The highest BCUT2D eigenvalue weighted by atomic mass is 79.9. The van der Waals surface area contributed by atoms with Crippen molar-refractivity contribution in [3.8, 4) is 0 Å². The lowest BCUT2D eigenvalue weighted by Gasteiger charge is -2.12. The van der Waals surface area contributed by atoms with E-state index >= 15 is 0 Å². The molecule has 1 unspecified atom stereocenters. The summed E-state index contributed by atoms with van der Waals surface area (Å²) in [5.74, 6) is 0. The van der Waals surface area contributed by atoms with Gasteiger partial charge in [0.05, 0.1) is 0 Å². The van der Waals surface area contributed by atoms with E-state index in [-0.39, 0.29) is 6.04 Å². The smallest absolute Gasteiger partial charge is 0.101 e. The van der Waals surface area contributed by atoms with Gasteiger partial charge in [0, 0.05) is 21.6 Å². The van der Waals surface area contributed by atoms with Crippen molar-refractivity contribution < 1.29 is 0 Å². The van der Waals surface area contributed by atoms with Crippen LogP contribution in [-0.4, -0.2) is 4.98 Å². The van der Waals surface area contributed by atoms with Crippen LogP contribution >= 0.6 is 27.7 Å². The van der Waals surface area contributed by atoms with Crippen LogP contribution < -0.4 is 5.73 Å². The Kier molecular flexibility index (Phi) is 4.20. The molecule has 2 rings (SSSR count). The van der Waals surface area contributed by atoms with Crippen molar-refractivity contribution in [2.45, 2.75) is 22.9 Å². The molecule has 17 heavy (non-hydrogen) atoms. The minimum atomic E-state index is 0.0127. The predicted molar refractivity (Wildman–Crippen MR) is 75.1 cm³/mol. The number of hydrogen-bond acceptors (Lipinski definition) is 3. The molecule has 0 fully saturated rings. The van der Waals surface area contributed by atoms with E-state index < -0.39 is 0 Å². The molecule has 2 nitrogen and oxygen atoms in total. The Bertz CT molecular complexity index is 500. The van der Waals surface area contributed by atoms with Gasteiger partial charge in [-0.05, 0) is 42.8 Å². The van der Waals surface area contributed by atoms with Gasteiger partial charge in [-0.15, -0.1) is 0 Å². The normalized spacial score (nSPS) is 12.4. The Morgan fingerprint density at radius 1 is 1.29 bits per heavy atom. The Hall–Kier alpha value is -0.840. The molecule has 0 amide bonds. The fourth-order valence-electron chi connectivity index (χ4n) is 1.49. The maximum absolute atomic E-state index is 5.98. The lowest BCUT2D eigenvalue weighted by atomic mass is 10.1. The Morgan fingerprint density at radius 3 is 2.76 bits per heavy atom. The first-order valence-corrected chi connectivity index (χ1v) is 6.91. The van der Waals surface area contributed by atoms with Gasteiger partial charge < -0.3 is 5.73 Å². The molecule has 4 heteroatoms. The van der Waals surface area contributed by atoms with Crippen molar-refractivity contribution in [3.05, 3.63) is 52.6 Å². The number of hydrogen-bond donors (Lipinski definition) is 1. The number of benzene rings is 1. The number of nitrogens with zero attached hydrogens (tertiary/aromatic N) is 1. The molecule has 88 valence electrons. The van der Waals surface area contributed by atoms with Crippen LogP contribution in [0.25, 0.3) is 0 Å². The molecule has 0 spiro atoms. The third kappa shape index (κ3) is 3.31. The van der Waals surface area contributed by atoms with Gasteiger partial charge in [0.15, 0.2) is 0 Å². The van der Waals surface area contributed by atoms with Gasteiger partial charge in [-0.2, -0.15) is 0 Å². The lowest BCUT2D eigenvalue weighted by molar-refractivity contribution is 0.796. The van der Waals surface area contributed by atoms with Gasteiger partial charge in [-0.1, -0.05) is 33.8 Å². The van der Waals surface area contributed by atoms with Gasteiger partial charge >= 0.3 is 0 Å². The molecule has 0 aliphatic carbocycles. The highest BCUT2D eigenvalue weighted by Gasteiger charge is 2.09. The molecule has 0 saturated heterocycles. The highest BCUT2D eigenvalue weighted by molar-refractivity contribution is 9.10. The average Bonchev–Trinajstić information content (AvgIpc) is 2.32. The van der Waals surface area contributed by atoms with E-state index in [1.807, 2.05) is 31.2 Å². The first kappa shape index (κ1) is 12.6. The van der Waals surface area contributed by atoms with Crippen LogP contribution in [0.5, 0.6) is 0 Å². The summed E-state index contributed by atoms with van der Waals surface area (Å²) in [5.41, 5.74) is 7.12. The maximum atomic E-state index is 5.98. The fourth-order valence-corrected chi connectivity index (χ4v) is 2.85. The molecule has 0 aliphatic rings. The minimum absolute atomic E-state index is 0.0127. The molecule has 0 aliphatic heterocycles. The molecule has 2 N–H and O–H groups in total. The van der Waals surface area contributed by atoms with E-state index in [1.54, 1.807) is 18.0 Å². The van der Waals surface area contributed by atoms with Gasteiger partial charge in [0.1, 0.15) is 5.03 Å². The Morgan fingerprint density at radius 2 is 2.12 bits per heavy atom. The second-order valence-electron chi connectivity index (χ2n) is 3.74. The quantitative estimate of drug-likeness (QED) is 0.931. The summed E-state index contributed by atoms with van der Waals surface area (Å²) in [5, 5.41) is 0.983. The van der Waals surface area contributed by atoms with Crippen LogP contribution in [0.3, 0.4) is 0 Å². The zero-order valence-corrected chi connectivity index (χ0v) is 11.8. The van der Waals surface area contributed by atoms with Crippen LogP contribution in [0, 0.1) is 0 Å². The summed E-state index contributed by atoms with van der Waals surface area (Å²) in [7, 11) is 0. The molecule has 0 saturated carbocycles. The second kappa shape index (κ2) is 5.67. The number of pyridine rings is 1. The van der Waals surface area contributed by atoms with E-state index in [4.69, 9.17) is 5.73 Å². The van der Waals surface area contributed by atoms with E-state index in [9.17, 15) is 0 Å². The Balaban J connectivity index is 2.33. The fraction of sp³-hybridized carbons (Fsp3) is 0.154. The summed E-state index contributed by atoms with van der Waals surface area (Å²) < 4.78 is 1.05. The van der Waals surface area contributed by atoms with Crippen LogP contribution in [0.1, 0.15) is 18.5 Å². The van der Waals surface area contributed by atoms with E-state index in [0.29, 0.717) is 0 Å². The third-order valence-electron chi connectivity index (χ3n) is 2.31. The van der Waals surface area contributed by atoms with Crippen LogP contribution in [0.15, 0.2) is 57.0 Å². The molecule has 0 radical (unpaired) electrons. The second-order valence-corrected chi connectivity index (χ2v) is 5.72. The maximum Gasteiger partial charge on any atom is 0.101 e. The Labute approximate surface area is 114 Å². The van der Waals surface area contributed by atoms with Gasteiger partial charge in [-0.3, -0.25) is 0 Å². The average molecular weight is 309 g/mol. The van der Waals surface area contributed by atoms with Crippen molar-refractivity contribution in [1.29, 1.82) is 0 Å². The molecule has 1 aromatic carbocycles. The largest absolute Gasteiger partial charge is 0.324 e. The van der Waals surface area contributed by atoms with Crippen LogP contribution in [0.4, 0.5) is 0 Å². The van der Waals surface area contributed by atoms with E-state index in [1.165, 1.54) is 0 Å². The van der Waals surface area contributed by atoms with E-state index in [2.05, 4.69) is 33.0 Å². The molecular formula is C13H13BrN2S. The number of halogens is 1. The standard InChI is InChI=1S/C13H13BrN2S/c1-9(15)11-8-10(14)5-6-12(11)17-13-4-2-3-7-16-13/h2-9H,15H2,1H3. The van der Waals surface area contributed by atoms with Crippen LogP contribution in [-0.2, 0) is 0 Å². The van der Waals surface area contributed by atoms with Crippen molar-refractivity contribution in [2.75, 3.05) is 0 Å². The summed E-state index contributed by atoms with van der Waals surface area (Å²) >= 11 is 5.11. The molecule has 1 aromatic heterocycles. The number of nitrogens with two attached hydrogens (primary N) is 1. The summed E-state index contributed by atoms with van der Waals surface area (Å²) in [4.78, 5) is 5.46. The third-order valence-corrected chi connectivity index (χ3v) is 3.85. The molecule has 1 atom stereocenters. The summed E-state index contributed by atoms with van der Waals surface area (Å²) in [6.45, 7) is 1.99. The number of rotatable bonds is 3. The van der Waals surface area contributed by atoms with Gasteiger partial charge in [-0.25, -0.2) is 4.98 Å². The van der Waals surface area contributed by atoms with Gasteiger partial charge in [0.2, 0.25) is 0 Å². The monoisotopic (exact) mass is 308 g/mol. The summed E-state index contributed by atoms with van der Waals surface area (Å²) in [6, 6.07) is 12.1. The number of aromatic nitrogens is 1. The summed E-state index contributed by atoms with van der Waals surface area (Å²) in [6.07, 6.45) is 1.80. The predicted octanol–water partition coefficient (Wildman–Crippen LogP) is 4.02. The first-order chi connectivity index (χ1) is 8.16. The van der Waals surface area contributed by atoms with Crippen molar-refractivity contribution in [1.82, 2.24) is 4.98 Å². The minimum Gasteiger partial charge on any atom is -0.324 e. The molecule has 1 heterocycles. The lowest BCUT2D eigenvalue weighted by Crippen LogP contribution is -2.06. The van der Waals surface area contributed by atoms with Gasteiger partial charge in [0.25, 0.3) is 0 Å². The molecule has 2 aromatic rings. The SMILES string of the molecule is CC(N)c1cc(Br)ccc1Sc1ccccn1. The first-order valence-electron chi connectivity index (χ1n) is 5.31. The zero-order valence-electron chi connectivity index (χ0n) is 9.43. The van der Waals surface area contributed by atoms with Crippen molar-refractivity contribution in [2.24, 2.45) is 5.73 Å². The van der Waals surface area contributed by atoms with Crippen molar-refractivity contribution in [3.63, 3.8) is 0 Å². The zero-order chi connectivity index (χ0) is 12.3.